The normalized spacial score (nSPS) is 15.0. The number of imidazole rings is 1. The molecule has 2 amide bonds. The highest BCUT2D eigenvalue weighted by Crippen LogP contribution is 2.33. The molecule has 6 nitrogen and oxygen atoms in total. The highest BCUT2D eigenvalue weighted by atomic mass is 19.4. The van der Waals surface area contributed by atoms with Gasteiger partial charge < -0.3 is 19.5 Å². The SMILES string of the molecule is CCCCOc1ccc(NC(=O)N2CCC(Cn3c(C(F)(F)F)nc4ccccc43)CC2)cc1. The molecule has 0 atom stereocenters. The molecule has 2 aromatic carbocycles. The number of alkyl halides is 3. The first-order valence-electron chi connectivity index (χ1n) is 11.7. The molecule has 0 saturated carbocycles. The number of benzene rings is 2. The van der Waals surface area contributed by atoms with Gasteiger partial charge in [0.15, 0.2) is 0 Å². The molecule has 9 heteroatoms. The topological polar surface area (TPSA) is 59.4 Å². The monoisotopic (exact) mass is 474 g/mol. The van der Waals surface area contributed by atoms with Crippen molar-refractivity contribution in [3.05, 3.63) is 54.4 Å². The van der Waals surface area contributed by atoms with E-state index >= 15 is 0 Å². The largest absolute Gasteiger partial charge is 0.494 e. The summed E-state index contributed by atoms with van der Waals surface area (Å²) in [5.41, 5.74) is 1.50. The maximum absolute atomic E-state index is 13.6. The number of carbonyl (C=O) groups is 1. The number of hydrogen-bond acceptors (Lipinski definition) is 3. The summed E-state index contributed by atoms with van der Waals surface area (Å²) < 4.78 is 47.6. The second-order valence-electron chi connectivity index (χ2n) is 8.62. The summed E-state index contributed by atoms with van der Waals surface area (Å²) in [6.45, 7) is 3.97. The van der Waals surface area contributed by atoms with Crippen molar-refractivity contribution in [2.75, 3.05) is 25.0 Å². The minimum Gasteiger partial charge on any atom is -0.494 e. The van der Waals surface area contributed by atoms with Gasteiger partial charge in [0, 0.05) is 25.3 Å². The molecule has 2 heterocycles. The van der Waals surface area contributed by atoms with E-state index in [0.717, 1.165) is 18.6 Å². The summed E-state index contributed by atoms with van der Waals surface area (Å²) in [6.07, 6.45) is -1.21. The van der Waals surface area contributed by atoms with E-state index in [9.17, 15) is 18.0 Å². The zero-order valence-electron chi connectivity index (χ0n) is 19.1. The standard InChI is InChI=1S/C25H29F3N4O2/c1-2-3-16-34-20-10-8-19(9-11-20)29-24(33)31-14-12-18(13-15-31)17-32-22-7-5-4-6-21(22)30-23(32)25(26,27)28/h4-11,18H,2-3,12-17H2,1H3,(H,29,33). The van der Waals surface area contributed by atoms with Crippen LogP contribution in [0.15, 0.2) is 48.5 Å². The predicted molar refractivity (Wildman–Crippen MR) is 125 cm³/mol. The van der Waals surface area contributed by atoms with Crippen LogP contribution in [0.1, 0.15) is 38.4 Å². The third kappa shape index (κ3) is 5.63. The van der Waals surface area contributed by atoms with E-state index in [-0.39, 0.29) is 18.5 Å². The van der Waals surface area contributed by atoms with Crippen LogP contribution < -0.4 is 10.1 Å². The molecule has 1 aliphatic rings. The van der Waals surface area contributed by atoms with E-state index < -0.39 is 12.0 Å². The predicted octanol–water partition coefficient (Wildman–Crippen LogP) is 6.18. The first-order chi connectivity index (χ1) is 16.3. The molecule has 0 radical (unpaired) electrons. The number of carbonyl (C=O) groups excluding carboxylic acids is 1. The first-order valence-corrected chi connectivity index (χ1v) is 11.7. The molecule has 3 aromatic rings. The number of anilines is 1. The summed E-state index contributed by atoms with van der Waals surface area (Å²) in [7, 11) is 0. The van der Waals surface area contributed by atoms with Gasteiger partial charge in [0.1, 0.15) is 5.75 Å². The van der Waals surface area contributed by atoms with Gasteiger partial charge in [-0.05, 0) is 61.6 Å². The second kappa shape index (κ2) is 10.4. The van der Waals surface area contributed by atoms with Crippen LogP contribution in [0.3, 0.4) is 0 Å². The summed E-state index contributed by atoms with van der Waals surface area (Å²) >= 11 is 0. The van der Waals surface area contributed by atoms with Crippen molar-refractivity contribution >= 4 is 22.8 Å². The molecule has 1 aromatic heterocycles. The van der Waals surface area contributed by atoms with E-state index in [0.29, 0.717) is 49.3 Å². The van der Waals surface area contributed by atoms with Gasteiger partial charge in [0.2, 0.25) is 5.82 Å². The molecule has 182 valence electrons. The van der Waals surface area contributed by atoms with Crippen LogP contribution in [0.4, 0.5) is 23.7 Å². The number of unbranched alkanes of at least 4 members (excludes halogenated alkanes) is 1. The molecular formula is C25H29F3N4O2. The lowest BCUT2D eigenvalue weighted by Gasteiger charge is -2.32. The van der Waals surface area contributed by atoms with Gasteiger partial charge >= 0.3 is 12.2 Å². The zero-order chi connectivity index (χ0) is 24.1. The Kier molecular flexibility index (Phi) is 7.29. The molecule has 1 N–H and O–H groups in total. The van der Waals surface area contributed by atoms with Crippen molar-refractivity contribution in [2.24, 2.45) is 5.92 Å². The number of hydrogen-bond donors (Lipinski definition) is 1. The Bertz CT molecular complexity index is 1100. The van der Waals surface area contributed by atoms with E-state index in [2.05, 4.69) is 17.2 Å². The summed E-state index contributed by atoms with van der Waals surface area (Å²) in [6, 6.07) is 13.7. The van der Waals surface area contributed by atoms with Crippen LogP contribution in [0.5, 0.6) is 5.75 Å². The Balaban J connectivity index is 1.33. The molecule has 1 aliphatic heterocycles. The van der Waals surface area contributed by atoms with E-state index in [1.165, 1.54) is 4.57 Å². The van der Waals surface area contributed by atoms with Gasteiger partial charge in [-0.25, -0.2) is 9.78 Å². The minimum atomic E-state index is -4.52. The van der Waals surface area contributed by atoms with Crippen LogP contribution in [-0.2, 0) is 12.7 Å². The Morgan fingerprint density at radius 3 is 2.50 bits per heavy atom. The number of nitrogens with zero attached hydrogens (tertiary/aromatic N) is 3. The van der Waals surface area contributed by atoms with Gasteiger partial charge in [-0.15, -0.1) is 0 Å². The number of fused-ring (bicyclic) bond motifs is 1. The van der Waals surface area contributed by atoms with E-state index in [4.69, 9.17) is 4.74 Å². The Labute approximate surface area is 196 Å². The van der Waals surface area contributed by atoms with Crippen molar-refractivity contribution in [2.45, 2.75) is 45.3 Å². The minimum absolute atomic E-state index is 0.0299. The number of halogens is 3. The van der Waals surface area contributed by atoms with Crippen LogP contribution in [0, 0.1) is 5.92 Å². The smallest absolute Gasteiger partial charge is 0.449 e. The number of aromatic nitrogens is 2. The average Bonchev–Trinajstić information content (AvgIpc) is 3.20. The van der Waals surface area contributed by atoms with Crippen molar-refractivity contribution in [3.63, 3.8) is 0 Å². The van der Waals surface area contributed by atoms with E-state index in [1.54, 1.807) is 41.3 Å². The summed E-state index contributed by atoms with van der Waals surface area (Å²) in [5, 5.41) is 2.89. The number of para-hydroxylation sites is 2. The molecule has 0 spiro atoms. The third-order valence-electron chi connectivity index (χ3n) is 6.12. The van der Waals surface area contributed by atoms with Crippen molar-refractivity contribution in [1.29, 1.82) is 0 Å². The number of ether oxygens (including phenoxy) is 1. The number of rotatable bonds is 7. The van der Waals surface area contributed by atoms with Gasteiger partial charge in [-0.2, -0.15) is 13.2 Å². The van der Waals surface area contributed by atoms with Crippen LogP contribution in [0.2, 0.25) is 0 Å². The number of nitrogens with one attached hydrogen (secondary N) is 1. The molecule has 0 bridgehead atoms. The Morgan fingerprint density at radius 1 is 1.12 bits per heavy atom. The number of piperidine rings is 1. The van der Waals surface area contributed by atoms with Gasteiger partial charge in [-0.1, -0.05) is 25.5 Å². The maximum Gasteiger partial charge on any atom is 0.449 e. The van der Waals surface area contributed by atoms with Gasteiger partial charge in [-0.3, -0.25) is 0 Å². The lowest BCUT2D eigenvalue weighted by Crippen LogP contribution is -2.41. The number of amides is 2. The second-order valence-corrected chi connectivity index (χ2v) is 8.62. The lowest BCUT2D eigenvalue weighted by molar-refractivity contribution is -0.147. The van der Waals surface area contributed by atoms with Crippen molar-refractivity contribution < 1.29 is 22.7 Å². The fraction of sp³-hybridized carbons (Fsp3) is 0.440. The number of urea groups is 1. The molecule has 1 saturated heterocycles. The highest BCUT2D eigenvalue weighted by molar-refractivity contribution is 5.89. The van der Waals surface area contributed by atoms with Gasteiger partial charge in [0.05, 0.1) is 17.6 Å². The molecule has 1 fully saturated rings. The maximum atomic E-state index is 13.6. The molecule has 34 heavy (non-hydrogen) atoms. The van der Waals surface area contributed by atoms with E-state index in [1.807, 2.05) is 12.1 Å². The van der Waals surface area contributed by atoms with Crippen LogP contribution in [-0.4, -0.2) is 40.2 Å². The summed E-state index contributed by atoms with van der Waals surface area (Å²) in [4.78, 5) is 18.2. The van der Waals surface area contributed by atoms with Crippen LogP contribution >= 0.6 is 0 Å². The average molecular weight is 475 g/mol. The molecule has 0 aliphatic carbocycles. The summed E-state index contributed by atoms with van der Waals surface area (Å²) in [5.74, 6) is -0.0733. The lowest BCUT2D eigenvalue weighted by atomic mass is 9.96. The molecule has 0 unspecified atom stereocenters. The van der Waals surface area contributed by atoms with Crippen LogP contribution in [0.25, 0.3) is 11.0 Å². The van der Waals surface area contributed by atoms with Crippen molar-refractivity contribution in [3.8, 4) is 5.75 Å². The van der Waals surface area contributed by atoms with Crippen molar-refractivity contribution in [1.82, 2.24) is 14.5 Å². The molecular weight excluding hydrogens is 445 g/mol. The zero-order valence-corrected chi connectivity index (χ0v) is 19.1. The Morgan fingerprint density at radius 2 is 1.82 bits per heavy atom. The third-order valence-corrected chi connectivity index (χ3v) is 6.12. The fourth-order valence-electron chi connectivity index (χ4n) is 4.22. The van der Waals surface area contributed by atoms with Gasteiger partial charge in [0.25, 0.3) is 0 Å². The fourth-order valence-corrected chi connectivity index (χ4v) is 4.22. The molecule has 4 rings (SSSR count). The number of likely N-dealkylation sites (tertiary alicyclic amines) is 1. The Hall–Kier alpha value is -3.23. The first kappa shape index (κ1) is 23.9. The highest BCUT2D eigenvalue weighted by Gasteiger charge is 2.38. The quantitative estimate of drug-likeness (QED) is 0.416.